The van der Waals surface area contributed by atoms with Gasteiger partial charge < -0.3 is 4.74 Å². The lowest BCUT2D eigenvalue weighted by atomic mass is 10.1. The first-order valence-electron chi connectivity index (χ1n) is 5.94. The van der Waals surface area contributed by atoms with E-state index in [1.54, 1.807) is 0 Å². The molecule has 0 spiro atoms. The quantitative estimate of drug-likeness (QED) is 0.855. The zero-order chi connectivity index (χ0) is 11.7. The molecular weight excluding hydrogens is 282 g/mol. The second-order valence-electron chi connectivity index (χ2n) is 4.37. The van der Waals surface area contributed by atoms with Gasteiger partial charge in [-0.25, -0.2) is 4.68 Å². The number of halogens is 1. The molecule has 3 rings (SSSR count). The van der Waals surface area contributed by atoms with Gasteiger partial charge in [-0.2, -0.15) is 0 Å². The number of rotatable bonds is 2. The molecule has 1 aromatic heterocycles. The summed E-state index contributed by atoms with van der Waals surface area (Å²) in [6.45, 7) is 1.67. The fraction of sp³-hybridized carbons (Fsp3) is 0.500. The lowest BCUT2D eigenvalue weighted by Crippen LogP contribution is -2.24. The molecule has 1 atom stereocenters. The number of ether oxygens (including phenoxy) is 1. The van der Waals surface area contributed by atoms with Crippen LogP contribution >= 0.6 is 15.9 Å². The number of aromatic nitrogens is 3. The van der Waals surface area contributed by atoms with Crippen molar-refractivity contribution < 1.29 is 4.74 Å². The molecule has 1 aliphatic rings. The van der Waals surface area contributed by atoms with Gasteiger partial charge in [-0.1, -0.05) is 11.3 Å². The molecule has 0 saturated carbocycles. The molecule has 1 unspecified atom stereocenters. The molecule has 0 aliphatic carbocycles. The smallest absolute Gasteiger partial charge is 0.127 e. The van der Waals surface area contributed by atoms with E-state index < -0.39 is 0 Å². The molecule has 0 radical (unpaired) electrons. The van der Waals surface area contributed by atoms with Gasteiger partial charge in [0, 0.05) is 11.1 Å². The number of hydrogen-bond donors (Lipinski definition) is 0. The molecule has 1 saturated heterocycles. The lowest BCUT2D eigenvalue weighted by Gasteiger charge is -2.22. The summed E-state index contributed by atoms with van der Waals surface area (Å²) in [6, 6.07) is 6.04. The Bertz CT molecular complexity index is 519. The van der Waals surface area contributed by atoms with Crippen LogP contribution in [0.2, 0.25) is 0 Å². The topological polar surface area (TPSA) is 39.9 Å². The molecule has 17 heavy (non-hydrogen) atoms. The predicted molar refractivity (Wildman–Crippen MR) is 68.8 cm³/mol. The monoisotopic (exact) mass is 295 g/mol. The van der Waals surface area contributed by atoms with Crippen LogP contribution in [0, 0.1) is 0 Å². The van der Waals surface area contributed by atoms with Crippen LogP contribution in [0.5, 0.6) is 0 Å². The van der Waals surface area contributed by atoms with Gasteiger partial charge in [-0.3, -0.25) is 0 Å². The van der Waals surface area contributed by atoms with Crippen molar-refractivity contribution in [2.24, 2.45) is 0 Å². The first-order valence-corrected chi connectivity index (χ1v) is 6.73. The van der Waals surface area contributed by atoms with Crippen molar-refractivity contribution >= 4 is 27.0 Å². The van der Waals surface area contributed by atoms with E-state index in [9.17, 15) is 0 Å². The summed E-state index contributed by atoms with van der Waals surface area (Å²) < 4.78 is 8.66. The normalized spacial score (nSPS) is 20.9. The van der Waals surface area contributed by atoms with Crippen LogP contribution in [0.1, 0.15) is 19.3 Å². The van der Waals surface area contributed by atoms with Crippen LogP contribution in [0.3, 0.4) is 0 Å². The number of nitrogens with zero attached hydrogens (tertiary/aromatic N) is 3. The van der Waals surface area contributed by atoms with Crippen LogP contribution in [0.15, 0.2) is 22.7 Å². The standard InChI is InChI=1S/C12H14BrN3O/c13-10-5-3-6-11-12(10)14-15-16(11)8-9-4-1-2-7-17-9/h3,5-6,9H,1-2,4,7-8H2. The first kappa shape index (κ1) is 11.2. The van der Waals surface area contributed by atoms with Crippen molar-refractivity contribution in [3.63, 3.8) is 0 Å². The molecule has 90 valence electrons. The summed E-state index contributed by atoms with van der Waals surface area (Å²) in [6.07, 6.45) is 3.84. The third-order valence-corrected chi connectivity index (χ3v) is 3.79. The van der Waals surface area contributed by atoms with Gasteiger partial charge in [-0.05, 0) is 47.3 Å². The zero-order valence-corrected chi connectivity index (χ0v) is 11.1. The minimum atomic E-state index is 0.285. The second kappa shape index (κ2) is 4.74. The summed E-state index contributed by atoms with van der Waals surface area (Å²) in [5.74, 6) is 0. The third kappa shape index (κ3) is 2.21. The minimum absolute atomic E-state index is 0.285. The summed E-state index contributed by atoms with van der Waals surface area (Å²) in [5.41, 5.74) is 1.98. The highest BCUT2D eigenvalue weighted by atomic mass is 79.9. The van der Waals surface area contributed by atoms with Gasteiger partial charge in [0.25, 0.3) is 0 Å². The maximum absolute atomic E-state index is 5.73. The molecule has 5 heteroatoms. The molecule has 2 aromatic rings. The van der Waals surface area contributed by atoms with Crippen molar-refractivity contribution in [2.45, 2.75) is 31.9 Å². The number of hydrogen-bond acceptors (Lipinski definition) is 3. The van der Waals surface area contributed by atoms with Gasteiger partial charge in [0.2, 0.25) is 0 Å². The highest BCUT2D eigenvalue weighted by molar-refractivity contribution is 9.10. The van der Waals surface area contributed by atoms with Crippen molar-refractivity contribution in [3.8, 4) is 0 Å². The Hall–Kier alpha value is -0.940. The third-order valence-electron chi connectivity index (χ3n) is 3.15. The Morgan fingerprint density at radius 1 is 1.41 bits per heavy atom. The number of fused-ring (bicyclic) bond motifs is 1. The molecule has 0 bridgehead atoms. The van der Waals surface area contributed by atoms with Crippen LogP contribution in [0.25, 0.3) is 11.0 Å². The minimum Gasteiger partial charge on any atom is -0.376 e. The SMILES string of the molecule is Brc1cccc2c1nnn2CC1CCCCO1. The van der Waals surface area contributed by atoms with E-state index in [1.165, 1.54) is 12.8 Å². The van der Waals surface area contributed by atoms with Gasteiger partial charge >= 0.3 is 0 Å². The molecule has 4 nitrogen and oxygen atoms in total. The van der Waals surface area contributed by atoms with E-state index in [0.717, 1.165) is 35.1 Å². The van der Waals surface area contributed by atoms with Gasteiger partial charge in [0.05, 0.1) is 18.2 Å². The predicted octanol–water partition coefficient (Wildman–Crippen LogP) is 2.76. The molecular formula is C12H14BrN3O. The van der Waals surface area contributed by atoms with E-state index in [0.29, 0.717) is 0 Å². The molecule has 1 aromatic carbocycles. The summed E-state index contributed by atoms with van der Waals surface area (Å²) in [5, 5.41) is 8.40. The van der Waals surface area contributed by atoms with Crippen molar-refractivity contribution in [2.75, 3.05) is 6.61 Å². The maximum Gasteiger partial charge on any atom is 0.127 e. The Morgan fingerprint density at radius 3 is 3.18 bits per heavy atom. The fourth-order valence-electron chi connectivity index (χ4n) is 2.24. The van der Waals surface area contributed by atoms with Crippen LogP contribution in [-0.4, -0.2) is 27.7 Å². The average molecular weight is 296 g/mol. The van der Waals surface area contributed by atoms with E-state index in [1.807, 2.05) is 22.9 Å². The van der Waals surface area contributed by atoms with Crippen LogP contribution in [-0.2, 0) is 11.3 Å². The molecule has 0 amide bonds. The fourth-order valence-corrected chi connectivity index (χ4v) is 2.67. The molecule has 1 fully saturated rings. The largest absolute Gasteiger partial charge is 0.376 e. The average Bonchev–Trinajstić information content (AvgIpc) is 2.76. The highest BCUT2D eigenvalue weighted by Gasteiger charge is 2.16. The number of benzene rings is 1. The van der Waals surface area contributed by atoms with E-state index in [4.69, 9.17) is 4.74 Å². The van der Waals surface area contributed by atoms with Crippen LogP contribution in [0.4, 0.5) is 0 Å². The Morgan fingerprint density at radius 2 is 2.35 bits per heavy atom. The highest BCUT2D eigenvalue weighted by Crippen LogP contribution is 2.22. The first-order chi connectivity index (χ1) is 8.34. The molecule has 1 aliphatic heterocycles. The Kier molecular flexibility index (Phi) is 3.11. The Labute approximate surface area is 108 Å². The van der Waals surface area contributed by atoms with E-state index >= 15 is 0 Å². The Balaban J connectivity index is 1.87. The van der Waals surface area contributed by atoms with Crippen molar-refractivity contribution in [3.05, 3.63) is 22.7 Å². The zero-order valence-electron chi connectivity index (χ0n) is 9.47. The van der Waals surface area contributed by atoms with E-state index in [-0.39, 0.29) is 6.10 Å². The maximum atomic E-state index is 5.73. The van der Waals surface area contributed by atoms with Gasteiger partial charge in [0.1, 0.15) is 5.52 Å². The lowest BCUT2D eigenvalue weighted by molar-refractivity contribution is 0.00443. The van der Waals surface area contributed by atoms with Crippen molar-refractivity contribution in [1.29, 1.82) is 0 Å². The van der Waals surface area contributed by atoms with E-state index in [2.05, 4.69) is 26.2 Å². The molecule has 2 heterocycles. The molecule has 0 N–H and O–H groups in total. The second-order valence-corrected chi connectivity index (χ2v) is 5.22. The van der Waals surface area contributed by atoms with Gasteiger partial charge in [-0.15, -0.1) is 5.10 Å². The summed E-state index contributed by atoms with van der Waals surface area (Å²) in [4.78, 5) is 0. The van der Waals surface area contributed by atoms with Crippen molar-refractivity contribution in [1.82, 2.24) is 15.0 Å². The summed E-state index contributed by atoms with van der Waals surface area (Å²) >= 11 is 3.49. The van der Waals surface area contributed by atoms with Crippen LogP contribution < -0.4 is 0 Å². The van der Waals surface area contributed by atoms with Gasteiger partial charge in [0.15, 0.2) is 0 Å². The summed E-state index contributed by atoms with van der Waals surface area (Å²) in [7, 11) is 0.